The van der Waals surface area contributed by atoms with Crippen LogP contribution in [0.25, 0.3) is 22.2 Å². The predicted molar refractivity (Wildman–Crippen MR) is 95.9 cm³/mol. The number of amides is 1. The highest BCUT2D eigenvalue weighted by atomic mass is 16.1. The lowest BCUT2D eigenvalue weighted by atomic mass is 10.0. The van der Waals surface area contributed by atoms with Gasteiger partial charge in [-0.05, 0) is 33.7 Å². The van der Waals surface area contributed by atoms with E-state index in [4.69, 9.17) is 0 Å². The van der Waals surface area contributed by atoms with Crippen molar-refractivity contribution in [3.63, 3.8) is 0 Å². The van der Waals surface area contributed by atoms with Gasteiger partial charge in [-0.15, -0.1) is 10.2 Å². The van der Waals surface area contributed by atoms with Gasteiger partial charge in [0.05, 0.1) is 6.42 Å². The number of rotatable bonds is 4. The zero-order valence-corrected chi connectivity index (χ0v) is 13.3. The predicted octanol–water partition coefficient (Wildman–Crippen LogP) is 3.20. The number of carbonyl (C=O) groups is 1. The summed E-state index contributed by atoms with van der Waals surface area (Å²) in [6.45, 7) is 0. The summed E-state index contributed by atoms with van der Waals surface area (Å²) in [4.78, 5) is 12.5. The topological polar surface area (TPSA) is 83.6 Å². The monoisotopic (exact) mass is 329 g/mol. The van der Waals surface area contributed by atoms with Gasteiger partial charge in [0.2, 0.25) is 11.7 Å². The molecule has 0 aliphatic rings. The molecule has 0 atom stereocenters. The van der Waals surface area contributed by atoms with Crippen LogP contribution in [0.5, 0.6) is 0 Å². The molecule has 6 nitrogen and oxygen atoms in total. The van der Waals surface area contributed by atoms with Gasteiger partial charge in [0.15, 0.2) is 0 Å². The molecule has 1 heterocycles. The number of hydrogen-bond acceptors (Lipinski definition) is 4. The van der Waals surface area contributed by atoms with Gasteiger partial charge in [0.1, 0.15) is 0 Å². The molecular weight excluding hydrogens is 314 g/mol. The molecule has 0 saturated heterocycles. The minimum absolute atomic E-state index is 0.0679. The van der Waals surface area contributed by atoms with E-state index in [1.807, 2.05) is 66.7 Å². The molecule has 1 amide bonds. The standard InChI is InChI=1S/C19H15N5O/c25-18(12-14-7-3-6-13-5-1-2-10-17(13)14)20-16-9-4-8-15(11-16)19-21-23-24-22-19/h1-11H,12H2,(H,20,25)(H,21,22,23,24). The summed E-state index contributed by atoms with van der Waals surface area (Å²) >= 11 is 0. The van der Waals surface area contributed by atoms with E-state index in [1.54, 1.807) is 0 Å². The maximum atomic E-state index is 12.5. The molecule has 0 aliphatic carbocycles. The smallest absolute Gasteiger partial charge is 0.228 e. The maximum Gasteiger partial charge on any atom is 0.228 e. The lowest BCUT2D eigenvalue weighted by molar-refractivity contribution is -0.115. The molecule has 4 rings (SSSR count). The van der Waals surface area contributed by atoms with Crippen LogP contribution in [-0.4, -0.2) is 26.5 Å². The molecule has 1 aromatic heterocycles. The van der Waals surface area contributed by atoms with Crippen molar-refractivity contribution < 1.29 is 4.79 Å². The van der Waals surface area contributed by atoms with Gasteiger partial charge in [-0.3, -0.25) is 4.79 Å². The second-order valence-corrected chi connectivity index (χ2v) is 5.68. The quantitative estimate of drug-likeness (QED) is 0.602. The van der Waals surface area contributed by atoms with Crippen LogP contribution >= 0.6 is 0 Å². The highest BCUT2D eigenvalue weighted by molar-refractivity contribution is 5.96. The average molecular weight is 329 g/mol. The third-order valence-electron chi connectivity index (χ3n) is 3.98. The summed E-state index contributed by atoms with van der Waals surface area (Å²) in [6, 6.07) is 21.4. The Balaban J connectivity index is 1.53. The normalized spacial score (nSPS) is 10.7. The van der Waals surface area contributed by atoms with E-state index in [1.165, 1.54) is 0 Å². The molecule has 4 aromatic rings. The molecule has 3 aromatic carbocycles. The minimum atomic E-state index is -0.0679. The molecule has 0 radical (unpaired) electrons. The van der Waals surface area contributed by atoms with Crippen molar-refractivity contribution >= 4 is 22.4 Å². The van der Waals surface area contributed by atoms with E-state index < -0.39 is 0 Å². The van der Waals surface area contributed by atoms with Crippen LogP contribution in [0.15, 0.2) is 66.7 Å². The van der Waals surface area contributed by atoms with Crippen molar-refractivity contribution in [2.75, 3.05) is 5.32 Å². The van der Waals surface area contributed by atoms with E-state index in [2.05, 4.69) is 25.9 Å². The molecule has 6 heteroatoms. The number of fused-ring (bicyclic) bond motifs is 1. The summed E-state index contributed by atoms with van der Waals surface area (Å²) in [5.74, 6) is 0.423. The fraction of sp³-hybridized carbons (Fsp3) is 0.0526. The number of nitrogens with zero attached hydrogens (tertiary/aromatic N) is 3. The van der Waals surface area contributed by atoms with E-state index >= 15 is 0 Å². The number of aromatic amines is 1. The Kier molecular flexibility index (Phi) is 3.92. The fourth-order valence-corrected chi connectivity index (χ4v) is 2.84. The first-order chi connectivity index (χ1) is 12.3. The number of hydrogen-bond donors (Lipinski definition) is 2. The van der Waals surface area contributed by atoms with Gasteiger partial charge in [0, 0.05) is 11.3 Å². The number of tetrazole rings is 1. The van der Waals surface area contributed by atoms with E-state index in [0.717, 1.165) is 21.9 Å². The molecule has 0 bridgehead atoms. The lowest BCUT2D eigenvalue weighted by Gasteiger charge is -2.08. The van der Waals surface area contributed by atoms with Crippen molar-refractivity contribution in [1.82, 2.24) is 20.6 Å². The molecule has 0 spiro atoms. The van der Waals surface area contributed by atoms with Gasteiger partial charge in [0.25, 0.3) is 0 Å². The molecular formula is C19H15N5O. The number of aromatic nitrogens is 4. The molecule has 0 aliphatic heterocycles. The fourth-order valence-electron chi connectivity index (χ4n) is 2.84. The molecule has 0 fully saturated rings. The maximum absolute atomic E-state index is 12.5. The molecule has 0 unspecified atom stereocenters. The Bertz CT molecular complexity index is 1020. The van der Waals surface area contributed by atoms with Crippen LogP contribution in [0.3, 0.4) is 0 Å². The minimum Gasteiger partial charge on any atom is -0.326 e. The molecule has 0 saturated carbocycles. The third kappa shape index (κ3) is 3.23. The number of anilines is 1. The second kappa shape index (κ2) is 6.52. The van der Waals surface area contributed by atoms with Crippen LogP contribution in [0.4, 0.5) is 5.69 Å². The van der Waals surface area contributed by atoms with Gasteiger partial charge in [-0.1, -0.05) is 54.6 Å². The number of carbonyl (C=O) groups excluding carboxylic acids is 1. The zero-order valence-electron chi connectivity index (χ0n) is 13.3. The van der Waals surface area contributed by atoms with E-state index in [9.17, 15) is 4.79 Å². The van der Waals surface area contributed by atoms with Crippen LogP contribution in [-0.2, 0) is 11.2 Å². The van der Waals surface area contributed by atoms with Crippen LogP contribution in [0.1, 0.15) is 5.56 Å². The first-order valence-corrected chi connectivity index (χ1v) is 7.90. The molecule has 25 heavy (non-hydrogen) atoms. The highest BCUT2D eigenvalue weighted by Crippen LogP contribution is 2.21. The molecule has 2 N–H and O–H groups in total. The van der Waals surface area contributed by atoms with Crippen molar-refractivity contribution in [2.45, 2.75) is 6.42 Å². The van der Waals surface area contributed by atoms with Gasteiger partial charge in [-0.2, -0.15) is 5.21 Å². The van der Waals surface area contributed by atoms with Gasteiger partial charge in [-0.25, -0.2) is 0 Å². The van der Waals surface area contributed by atoms with Crippen molar-refractivity contribution in [3.05, 3.63) is 72.3 Å². The Hall–Kier alpha value is -3.54. The van der Waals surface area contributed by atoms with Crippen molar-refractivity contribution in [2.24, 2.45) is 0 Å². The summed E-state index contributed by atoms with van der Waals surface area (Å²) in [5.41, 5.74) is 2.49. The Morgan fingerprint density at radius 1 is 1.00 bits per heavy atom. The van der Waals surface area contributed by atoms with E-state index in [-0.39, 0.29) is 5.91 Å². The first-order valence-electron chi connectivity index (χ1n) is 7.90. The van der Waals surface area contributed by atoms with Crippen molar-refractivity contribution in [3.8, 4) is 11.4 Å². The molecule has 122 valence electrons. The van der Waals surface area contributed by atoms with Crippen LogP contribution < -0.4 is 5.32 Å². The Morgan fingerprint density at radius 3 is 2.72 bits per heavy atom. The summed E-state index contributed by atoms with van der Waals surface area (Å²) in [7, 11) is 0. The van der Waals surface area contributed by atoms with Gasteiger partial charge < -0.3 is 5.32 Å². The second-order valence-electron chi connectivity index (χ2n) is 5.68. The zero-order chi connectivity index (χ0) is 17.1. The highest BCUT2D eigenvalue weighted by Gasteiger charge is 2.09. The SMILES string of the molecule is O=C(Cc1cccc2ccccc12)Nc1cccc(-c2nn[nH]n2)c1. The van der Waals surface area contributed by atoms with E-state index in [0.29, 0.717) is 17.9 Å². The largest absolute Gasteiger partial charge is 0.326 e. The van der Waals surface area contributed by atoms with Crippen molar-refractivity contribution in [1.29, 1.82) is 0 Å². The number of nitrogens with one attached hydrogen (secondary N) is 2. The summed E-state index contributed by atoms with van der Waals surface area (Å²) < 4.78 is 0. The Morgan fingerprint density at radius 2 is 1.84 bits per heavy atom. The van der Waals surface area contributed by atoms with Crippen LogP contribution in [0.2, 0.25) is 0 Å². The third-order valence-corrected chi connectivity index (χ3v) is 3.98. The average Bonchev–Trinajstić information content (AvgIpc) is 3.17. The van der Waals surface area contributed by atoms with Gasteiger partial charge >= 0.3 is 0 Å². The summed E-state index contributed by atoms with van der Waals surface area (Å²) in [6.07, 6.45) is 0.313. The number of benzene rings is 3. The summed E-state index contributed by atoms with van der Waals surface area (Å²) in [5, 5.41) is 19.0. The lowest BCUT2D eigenvalue weighted by Crippen LogP contribution is -2.14. The first kappa shape index (κ1) is 15.0. The number of H-pyrrole nitrogens is 1. The Labute approximate surface area is 143 Å². The van der Waals surface area contributed by atoms with Crippen LogP contribution in [0, 0.1) is 0 Å².